The Labute approximate surface area is 781 Å². The Kier molecular flexibility index (Phi) is 37.2. The first-order valence-corrected chi connectivity index (χ1v) is 46.9. The van der Waals surface area contributed by atoms with Crippen molar-refractivity contribution in [3.63, 3.8) is 0 Å². The van der Waals surface area contributed by atoms with Gasteiger partial charge in [0.2, 0.25) is 0 Å². The van der Waals surface area contributed by atoms with Crippen LogP contribution in [0.5, 0.6) is 23.0 Å². The molecule has 3 aromatic carbocycles. The molecule has 0 unspecified atom stereocenters. The van der Waals surface area contributed by atoms with Gasteiger partial charge in [-0.25, -0.2) is 42.3 Å². The van der Waals surface area contributed by atoms with E-state index in [4.69, 9.17) is 37.9 Å². The molecule has 4 amide bonds. The van der Waals surface area contributed by atoms with Gasteiger partial charge in [0.25, 0.3) is 0 Å². The van der Waals surface area contributed by atoms with Crippen LogP contribution in [-0.4, -0.2) is 231 Å². The molecule has 8 atom stereocenters. The van der Waals surface area contributed by atoms with Crippen molar-refractivity contribution in [1.29, 1.82) is 0 Å². The van der Waals surface area contributed by atoms with Gasteiger partial charge in [0, 0.05) is 98.2 Å². The molecule has 4 N–H and O–H groups in total. The predicted octanol–water partition coefficient (Wildman–Crippen LogP) is 16.2. The van der Waals surface area contributed by atoms with Gasteiger partial charge in [-0.05, 0) is 239 Å². The van der Waals surface area contributed by atoms with Gasteiger partial charge in [0.05, 0.1) is 60.0 Å². The average Bonchev–Trinajstić information content (AvgIpc) is 1.61. The second-order valence-corrected chi connectivity index (χ2v) is 36.5. The fourth-order valence-corrected chi connectivity index (χ4v) is 17.7. The van der Waals surface area contributed by atoms with E-state index in [0.29, 0.717) is 134 Å². The highest BCUT2D eigenvalue weighted by molar-refractivity contribution is 5.74. The van der Waals surface area contributed by atoms with Crippen molar-refractivity contribution in [1.82, 2.24) is 84.6 Å². The van der Waals surface area contributed by atoms with Crippen molar-refractivity contribution in [2.45, 2.75) is 271 Å². The summed E-state index contributed by atoms with van der Waals surface area (Å²) in [5.41, 5.74) is 9.54. The fourth-order valence-electron chi connectivity index (χ4n) is 17.7. The van der Waals surface area contributed by atoms with Gasteiger partial charge in [-0.3, -0.25) is 24.2 Å². The van der Waals surface area contributed by atoms with E-state index in [1.807, 2.05) is 50.2 Å². The number of unbranched alkanes of at least 4 members (excludes halogenated alkanes) is 1. The quantitative estimate of drug-likeness (QED) is 0.0284. The smallest absolute Gasteiger partial charge is 0.410 e. The molecule has 14 rings (SSSR count). The summed E-state index contributed by atoms with van der Waals surface area (Å²) < 4.78 is 67.3. The molecule has 0 spiro atoms. The lowest BCUT2D eigenvalue weighted by atomic mass is 9.87. The molecule has 134 heavy (non-hydrogen) atoms. The summed E-state index contributed by atoms with van der Waals surface area (Å²) in [5.74, 6) is -2.50. The van der Waals surface area contributed by atoms with Gasteiger partial charge in [0.1, 0.15) is 89.2 Å². The largest absolute Gasteiger partial charge is 0.490 e. The first-order chi connectivity index (χ1) is 64.2. The maximum absolute atomic E-state index is 14.9. The molecule has 0 aliphatic heterocycles. The highest BCUT2D eigenvalue weighted by Gasteiger charge is 2.35. The monoisotopic (exact) mass is 1860 g/mol. The zero-order valence-corrected chi connectivity index (χ0v) is 79.4. The van der Waals surface area contributed by atoms with E-state index in [2.05, 4.69) is 67.0 Å². The summed E-state index contributed by atoms with van der Waals surface area (Å²) in [4.78, 5) is 106. The van der Waals surface area contributed by atoms with E-state index < -0.39 is 47.8 Å². The Hall–Kier alpha value is -12.5. The number of carbonyl (C=O) groups excluding carboxylic acids is 4. The SMILES string of the molecule is CCCCN(C)C(=O)OCc1c(-c2ccc(O[C@H]3CCC[C@H](C(=O)O)C3)cn2)nnn1C.CN(C(=O)OCc1c(-c2ccc(O[C@H]3CCC[C@H](C(=O)O)C3)c(F)c2)nnn1C)C1CCCC1.Cc1cc(-c2nnn(C)c2COC(=O)N(C)C2CCCC2)ccc1O[C@H]1CCC[C@H](C(=O)O)C1.Cc1cc(-c2nnn(C)c2COC(=O)N(C)CCC(C)C)ccc1O[C@H]1CCC[C@H](C(=O)O)C1. The van der Waals surface area contributed by atoms with Crippen LogP contribution in [-0.2, 0) is 92.7 Å². The maximum atomic E-state index is 14.9. The molecular weight excluding hydrogens is 1730 g/mol. The van der Waals surface area contributed by atoms with Gasteiger partial charge in [-0.15, -0.1) is 20.4 Å². The van der Waals surface area contributed by atoms with Gasteiger partial charge in [0.15, 0.2) is 11.6 Å². The second-order valence-electron chi connectivity index (χ2n) is 36.5. The van der Waals surface area contributed by atoms with Crippen LogP contribution in [0.4, 0.5) is 23.6 Å². The lowest BCUT2D eigenvalue weighted by Gasteiger charge is -2.28. The minimum Gasteiger partial charge on any atom is -0.490 e. The van der Waals surface area contributed by atoms with Gasteiger partial charge in [-0.1, -0.05) is 73.7 Å². The van der Waals surface area contributed by atoms with Crippen LogP contribution in [0.25, 0.3) is 45.2 Å². The number of halogens is 1. The molecule has 728 valence electrons. The van der Waals surface area contributed by atoms with Crippen molar-refractivity contribution in [2.75, 3.05) is 41.3 Å². The van der Waals surface area contributed by atoms with E-state index in [1.54, 1.807) is 114 Å². The number of hydrogen-bond donors (Lipinski definition) is 4. The molecule has 6 aliphatic carbocycles. The summed E-state index contributed by atoms with van der Waals surface area (Å²) in [6.45, 7) is 11.7. The van der Waals surface area contributed by atoms with Crippen LogP contribution in [0, 0.1) is 49.3 Å². The first kappa shape index (κ1) is 102. The third kappa shape index (κ3) is 28.3. The average molecular weight is 1860 g/mol. The lowest BCUT2D eigenvalue weighted by molar-refractivity contribution is -0.144. The van der Waals surface area contributed by atoms with E-state index in [1.165, 1.54) is 16.8 Å². The number of carboxylic acid groups (broad SMARTS) is 4. The van der Waals surface area contributed by atoms with Gasteiger partial charge < -0.3 is 77.9 Å². The molecular formula is C96H132FN17O20. The van der Waals surface area contributed by atoms with Crippen molar-refractivity contribution in [3.05, 3.63) is 113 Å². The number of aryl methyl sites for hydroxylation is 6. The zero-order chi connectivity index (χ0) is 96.4. The van der Waals surface area contributed by atoms with Crippen LogP contribution in [0.3, 0.4) is 0 Å². The van der Waals surface area contributed by atoms with Crippen LogP contribution < -0.4 is 18.9 Å². The van der Waals surface area contributed by atoms with E-state index in [9.17, 15) is 63.2 Å². The number of benzene rings is 3. The highest BCUT2D eigenvalue weighted by Crippen LogP contribution is 2.39. The molecule has 5 heterocycles. The molecule has 0 bridgehead atoms. The van der Waals surface area contributed by atoms with Crippen LogP contribution >= 0.6 is 0 Å². The molecule has 8 aromatic rings. The van der Waals surface area contributed by atoms with Gasteiger partial charge >= 0.3 is 48.3 Å². The topological polar surface area (TPSA) is 440 Å². The summed E-state index contributed by atoms with van der Waals surface area (Å²) >= 11 is 0. The first-order valence-electron chi connectivity index (χ1n) is 46.9. The summed E-state index contributed by atoms with van der Waals surface area (Å²) in [6, 6.07) is 20.1. The molecule has 0 saturated heterocycles. The molecule has 6 saturated carbocycles. The number of hydrogen-bond acceptors (Lipinski definition) is 25. The lowest BCUT2D eigenvalue weighted by Crippen LogP contribution is -2.35. The number of carboxylic acids is 4. The Balaban J connectivity index is 0.000000172. The Morgan fingerprint density at radius 1 is 0.418 bits per heavy atom. The molecule has 0 radical (unpaired) electrons. The summed E-state index contributed by atoms with van der Waals surface area (Å²) in [7, 11) is 14.0. The molecule has 38 heteroatoms. The highest BCUT2D eigenvalue weighted by atomic mass is 19.1. The number of amides is 4. The minimum atomic E-state index is -0.838. The van der Waals surface area contributed by atoms with Crippen molar-refractivity contribution in [2.24, 2.45) is 57.8 Å². The van der Waals surface area contributed by atoms with Gasteiger partial charge in [-0.2, -0.15) is 0 Å². The third-order valence-corrected chi connectivity index (χ3v) is 26.1. The van der Waals surface area contributed by atoms with Crippen molar-refractivity contribution >= 4 is 48.3 Å². The van der Waals surface area contributed by atoms with Crippen LogP contribution in [0.15, 0.2) is 72.9 Å². The molecule has 6 aliphatic rings. The van der Waals surface area contributed by atoms with E-state index >= 15 is 0 Å². The zero-order valence-electron chi connectivity index (χ0n) is 79.4. The predicted molar refractivity (Wildman–Crippen MR) is 489 cm³/mol. The van der Waals surface area contributed by atoms with Crippen molar-refractivity contribution in [3.8, 4) is 68.2 Å². The van der Waals surface area contributed by atoms with Crippen molar-refractivity contribution < 1.29 is 101 Å². The van der Waals surface area contributed by atoms with E-state index in [-0.39, 0.29) is 98.6 Å². The molecule has 37 nitrogen and oxygen atoms in total. The molecule has 6 fully saturated rings. The summed E-state index contributed by atoms with van der Waals surface area (Å²) in [6.07, 6.45) is 22.0. The number of nitrogens with zero attached hydrogens (tertiary/aromatic N) is 17. The number of pyridine rings is 1. The fraction of sp³-hybridized carbons (Fsp3) is 0.594. The third-order valence-electron chi connectivity index (χ3n) is 26.1. The Bertz CT molecular complexity index is 5100. The second kappa shape index (κ2) is 48.9. The van der Waals surface area contributed by atoms with Crippen LogP contribution in [0.2, 0.25) is 0 Å². The number of rotatable bonds is 32. The van der Waals surface area contributed by atoms with E-state index in [0.717, 1.165) is 155 Å². The minimum absolute atomic E-state index is 0.0344. The number of carbonyl (C=O) groups is 8. The Morgan fingerprint density at radius 2 is 0.754 bits per heavy atom. The number of aliphatic carboxylic acids is 4. The standard InChI is InChI=1S/C25H34N4O5.C25H36N4O5.C24H31FN4O5.C22H31N5O5/c1-16-13-17(11-12-22(16)34-20-10-6-7-18(14-20)24(30)31)23-21(29(3)27-26-23)15-33-25(32)28(2)19-8-4-5-9-19;1-16(2)11-12-28(4)25(32)33-15-21-23(26-27-29(21)5)18-9-10-22(17(3)13-18)34-20-8-6-7-19(14-20)24(30)31;1-28(17-7-3-4-8-17)24(32)33-14-20-22(26-27-29(20)2)15-10-11-21(19(25)13-15)34-18-9-5-6-16(12-18)23(30)31;1-4-5-11-26(2)22(30)31-14-19-20(24-25-27(19)3)18-10-9-17(13-23-18)32-16-8-6-7-15(12-16)21(28)29/h11-13,18-20H,4-10,14-15H2,1-3H3,(H,30,31);9-10,13,16,19-20H,6-8,11-12,14-15H2,1-5H3,(H,30,31);10-11,13,16-18H,3-9,12,14H2,1-2H3,(H,30,31);9-10,13,15-16H,4-8,11-12,14H2,1-3H3,(H,28,29)/t18-,20-;19-,20-;16-,18-;15-,16-/m0000/s1. The number of aromatic nitrogens is 13. The Morgan fingerprint density at radius 3 is 1.10 bits per heavy atom. The normalized spacial score (nSPS) is 19.5. The molecule has 5 aromatic heterocycles. The number of ether oxygens (including phenoxy) is 8. The van der Waals surface area contributed by atoms with Crippen LogP contribution in [0.1, 0.15) is 228 Å². The maximum Gasteiger partial charge on any atom is 0.410 e. The summed E-state index contributed by atoms with van der Waals surface area (Å²) in [5, 5.41) is 70.4.